The van der Waals surface area contributed by atoms with Crippen LogP contribution in [-0.2, 0) is 0 Å². The number of benzene rings is 1. The summed E-state index contributed by atoms with van der Waals surface area (Å²) >= 11 is 8.01. The van der Waals surface area contributed by atoms with E-state index in [0.717, 1.165) is 16.5 Å². The molecule has 1 fully saturated rings. The summed E-state index contributed by atoms with van der Waals surface area (Å²) in [7, 11) is 0. The van der Waals surface area contributed by atoms with Gasteiger partial charge in [0.15, 0.2) is 0 Å². The highest BCUT2D eigenvalue weighted by molar-refractivity contribution is 14.1. The molecule has 1 N–H and O–H groups in total. The molecule has 2 rings (SSSR count). The second-order valence-corrected chi connectivity index (χ2v) is 6.26. The van der Waals surface area contributed by atoms with E-state index in [9.17, 15) is 4.79 Å². The van der Waals surface area contributed by atoms with Gasteiger partial charge in [-0.2, -0.15) is 0 Å². The van der Waals surface area contributed by atoms with Crippen molar-refractivity contribution in [3.05, 3.63) is 32.4 Å². The van der Waals surface area contributed by atoms with Crippen LogP contribution in [0.4, 0.5) is 0 Å². The van der Waals surface area contributed by atoms with Crippen LogP contribution < -0.4 is 5.32 Å². The van der Waals surface area contributed by atoms with Gasteiger partial charge in [-0.05, 0) is 65.5 Å². The van der Waals surface area contributed by atoms with Crippen molar-refractivity contribution < 1.29 is 4.79 Å². The van der Waals surface area contributed by atoms with Crippen LogP contribution in [0.3, 0.4) is 0 Å². The average Bonchev–Trinajstić information content (AvgIpc) is 3.07. The summed E-state index contributed by atoms with van der Waals surface area (Å²) in [6.07, 6.45) is 3.62. The van der Waals surface area contributed by atoms with Gasteiger partial charge in [0.1, 0.15) is 0 Å². The smallest absolute Gasteiger partial charge is 0.252 e. The molecule has 0 saturated heterocycles. The van der Waals surface area contributed by atoms with Crippen molar-refractivity contribution in [3.63, 3.8) is 0 Å². The van der Waals surface area contributed by atoms with Gasteiger partial charge in [0.2, 0.25) is 0 Å². The maximum absolute atomic E-state index is 12.0. The van der Waals surface area contributed by atoms with Gasteiger partial charge in [0.25, 0.3) is 5.91 Å². The highest BCUT2D eigenvalue weighted by atomic mass is 127. The SMILES string of the molecule is CCC1(CNC(=O)c2ccc(Cl)cc2I)CC1. The normalized spacial score (nSPS) is 16.6. The minimum absolute atomic E-state index is 0.00536. The molecule has 1 aromatic carbocycles. The fourth-order valence-electron chi connectivity index (χ4n) is 1.87. The van der Waals surface area contributed by atoms with Crippen molar-refractivity contribution in [1.29, 1.82) is 0 Å². The first-order chi connectivity index (χ1) is 8.06. The van der Waals surface area contributed by atoms with E-state index in [-0.39, 0.29) is 5.91 Å². The number of amides is 1. The summed E-state index contributed by atoms with van der Waals surface area (Å²) in [5, 5.41) is 3.69. The summed E-state index contributed by atoms with van der Waals surface area (Å²) in [5.41, 5.74) is 1.09. The van der Waals surface area contributed by atoms with E-state index in [2.05, 4.69) is 34.8 Å². The van der Waals surface area contributed by atoms with Crippen molar-refractivity contribution in [2.75, 3.05) is 6.54 Å². The Hall–Kier alpha value is -0.290. The van der Waals surface area contributed by atoms with E-state index in [0.29, 0.717) is 16.0 Å². The number of carbonyl (C=O) groups excluding carboxylic acids is 1. The maximum atomic E-state index is 12.0. The summed E-state index contributed by atoms with van der Waals surface area (Å²) in [6, 6.07) is 5.35. The van der Waals surface area contributed by atoms with Crippen molar-refractivity contribution in [2.45, 2.75) is 26.2 Å². The molecule has 0 heterocycles. The van der Waals surface area contributed by atoms with Crippen LogP contribution in [0.25, 0.3) is 0 Å². The third-order valence-corrected chi connectivity index (χ3v) is 4.63. The van der Waals surface area contributed by atoms with Gasteiger partial charge in [0.05, 0.1) is 5.56 Å². The van der Waals surface area contributed by atoms with Crippen LogP contribution in [-0.4, -0.2) is 12.5 Å². The number of rotatable bonds is 4. The van der Waals surface area contributed by atoms with Crippen LogP contribution >= 0.6 is 34.2 Å². The van der Waals surface area contributed by atoms with Gasteiger partial charge < -0.3 is 5.32 Å². The molecule has 2 nitrogen and oxygen atoms in total. The third-order valence-electron chi connectivity index (χ3n) is 3.51. The lowest BCUT2D eigenvalue weighted by molar-refractivity contribution is 0.0943. The molecule has 4 heteroatoms. The van der Waals surface area contributed by atoms with Gasteiger partial charge in [0, 0.05) is 15.1 Å². The number of hydrogen-bond acceptors (Lipinski definition) is 1. The van der Waals surface area contributed by atoms with Crippen molar-refractivity contribution in [1.82, 2.24) is 5.32 Å². The highest BCUT2D eigenvalue weighted by Crippen LogP contribution is 2.47. The van der Waals surface area contributed by atoms with E-state index in [1.54, 1.807) is 12.1 Å². The molecule has 0 unspecified atom stereocenters. The molecule has 0 bridgehead atoms. The van der Waals surface area contributed by atoms with Crippen LogP contribution in [0.5, 0.6) is 0 Å². The predicted octanol–water partition coefficient (Wildman–Crippen LogP) is 3.86. The Bertz CT molecular complexity index is 443. The fourth-order valence-corrected chi connectivity index (χ4v) is 2.99. The second kappa shape index (κ2) is 5.14. The Balaban J connectivity index is 2.00. The van der Waals surface area contributed by atoms with E-state index >= 15 is 0 Å². The Labute approximate surface area is 120 Å². The van der Waals surface area contributed by atoms with Gasteiger partial charge >= 0.3 is 0 Å². The van der Waals surface area contributed by atoms with Gasteiger partial charge in [-0.15, -0.1) is 0 Å². The first-order valence-electron chi connectivity index (χ1n) is 5.79. The molecule has 1 saturated carbocycles. The van der Waals surface area contributed by atoms with Gasteiger partial charge in [-0.1, -0.05) is 18.5 Å². The Morgan fingerprint density at radius 3 is 2.76 bits per heavy atom. The fraction of sp³-hybridized carbons (Fsp3) is 0.462. The molecule has 17 heavy (non-hydrogen) atoms. The van der Waals surface area contributed by atoms with Gasteiger partial charge in [-0.25, -0.2) is 0 Å². The Morgan fingerprint density at radius 1 is 1.53 bits per heavy atom. The van der Waals surface area contributed by atoms with Crippen molar-refractivity contribution >= 4 is 40.1 Å². The van der Waals surface area contributed by atoms with Crippen molar-refractivity contribution in [3.8, 4) is 0 Å². The average molecular weight is 364 g/mol. The lowest BCUT2D eigenvalue weighted by atomic mass is 10.0. The summed E-state index contributed by atoms with van der Waals surface area (Å²) in [5.74, 6) is 0.00536. The van der Waals surface area contributed by atoms with Crippen LogP contribution in [0, 0.1) is 8.99 Å². The molecular weight excluding hydrogens is 349 g/mol. The van der Waals surface area contributed by atoms with E-state index in [1.165, 1.54) is 12.8 Å². The van der Waals surface area contributed by atoms with E-state index in [1.807, 2.05) is 6.07 Å². The van der Waals surface area contributed by atoms with Crippen molar-refractivity contribution in [2.24, 2.45) is 5.41 Å². The molecule has 0 aliphatic heterocycles. The zero-order valence-corrected chi connectivity index (χ0v) is 12.6. The molecule has 1 amide bonds. The molecule has 1 aliphatic rings. The minimum atomic E-state index is 0.00536. The molecule has 0 aromatic heterocycles. The highest BCUT2D eigenvalue weighted by Gasteiger charge is 2.40. The van der Waals surface area contributed by atoms with E-state index < -0.39 is 0 Å². The summed E-state index contributed by atoms with van der Waals surface area (Å²) < 4.78 is 0.897. The zero-order valence-electron chi connectivity index (χ0n) is 9.72. The molecule has 0 radical (unpaired) electrons. The number of nitrogens with one attached hydrogen (secondary N) is 1. The number of halogens is 2. The molecule has 1 aromatic rings. The summed E-state index contributed by atoms with van der Waals surface area (Å²) in [6.45, 7) is 2.98. The quantitative estimate of drug-likeness (QED) is 0.809. The molecule has 0 spiro atoms. The molecular formula is C13H15ClINO. The van der Waals surface area contributed by atoms with Crippen LogP contribution in [0.15, 0.2) is 18.2 Å². The van der Waals surface area contributed by atoms with E-state index in [4.69, 9.17) is 11.6 Å². The van der Waals surface area contributed by atoms with Crippen LogP contribution in [0.1, 0.15) is 36.5 Å². The molecule has 92 valence electrons. The predicted molar refractivity (Wildman–Crippen MR) is 78.5 cm³/mol. The lowest BCUT2D eigenvalue weighted by Gasteiger charge is -2.14. The largest absolute Gasteiger partial charge is 0.351 e. The second-order valence-electron chi connectivity index (χ2n) is 4.66. The first-order valence-corrected chi connectivity index (χ1v) is 7.25. The third kappa shape index (κ3) is 3.13. The first kappa shape index (κ1) is 13.1. The molecule has 1 aliphatic carbocycles. The lowest BCUT2D eigenvalue weighted by Crippen LogP contribution is -2.30. The van der Waals surface area contributed by atoms with Crippen LogP contribution in [0.2, 0.25) is 5.02 Å². The summed E-state index contributed by atoms with van der Waals surface area (Å²) in [4.78, 5) is 12.0. The minimum Gasteiger partial charge on any atom is -0.351 e. The monoisotopic (exact) mass is 363 g/mol. The van der Waals surface area contributed by atoms with Gasteiger partial charge in [-0.3, -0.25) is 4.79 Å². The molecule has 0 atom stereocenters. The Morgan fingerprint density at radius 2 is 2.24 bits per heavy atom. The standard InChI is InChI=1S/C13H15ClINO/c1-2-13(5-6-13)8-16-12(17)10-4-3-9(14)7-11(10)15/h3-4,7H,2,5-6,8H2,1H3,(H,16,17). The topological polar surface area (TPSA) is 29.1 Å². The number of carbonyl (C=O) groups is 1. The maximum Gasteiger partial charge on any atom is 0.252 e. The zero-order chi connectivity index (χ0) is 12.5. The Kier molecular flexibility index (Phi) is 3.98. The number of hydrogen-bond donors (Lipinski definition) is 1.